The maximum atomic E-state index is 13.5. The van der Waals surface area contributed by atoms with Crippen LogP contribution in [0.1, 0.15) is 5.56 Å². The predicted molar refractivity (Wildman–Crippen MR) is 70.1 cm³/mol. The van der Waals surface area contributed by atoms with Crippen LogP contribution in [0.3, 0.4) is 0 Å². The zero-order valence-corrected chi connectivity index (χ0v) is 10.5. The molecule has 3 nitrogen and oxygen atoms in total. The summed E-state index contributed by atoms with van der Waals surface area (Å²) in [5, 5.41) is 3.09. The number of nitrogen functional groups attached to an aromatic ring is 1. The molecule has 0 aliphatic carbocycles. The highest BCUT2D eigenvalue weighted by Crippen LogP contribution is 2.17. The summed E-state index contributed by atoms with van der Waals surface area (Å²) >= 11 is 3.31. The number of pyridine rings is 1. The van der Waals surface area contributed by atoms with E-state index in [1.165, 1.54) is 6.07 Å². The van der Waals surface area contributed by atoms with Crippen LogP contribution in [0.25, 0.3) is 0 Å². The summed E-state index contributed by atoms with van der Waals surface area (Å²) in [6.07, 6.45) is 1.61. The van der Waals surface area contributed by atoms with Crippen LogP contribution < -0.4 is 11.1 Å². The molecule has 3 N–H and O–H groups in total. The lowest BCUT2D eigenvalue weighted by Crippen LogP contribution is -2.02. The van der Waals surface area contributed by atoms with E-state index in [2.05, 4.69) is 26.2 Å². The summed E-state index contributed by atoms with van der Waals surface area (Å²) in [4.78, 5) is 3.88. The van der Waals surface area contributed by atoms with Gasteiger partial charge in [-0.2, -0.15) is 0 Å². The zero-order chi connectivity index (χ0) is 12.3. The Balaban J connectivity index is 2.09. The molecule has 0 saturated heterocycles. The highest BCUT2D eigenvalue weighted by atomic mass is 79.9. The lowest BCUT2D eigenvalue weighted by Gasteiger charge is -2.08. The van der Waals surface area contributed by atoms with Crippen molar-refractivity contribution in [1.29, 1.82) is 0 Å². The van der Waals surface area contributed by atoms with Gasteiger partial charge in [-0.3, -0.25) is 0 Å². The SMILES string of the molecule is Nc1cc(NCc2cc(Br)ccc2F)ccn1. The molecule has 88 valence electrons. The molecule has 0 aliphatic heterocycles. The Kier molecular flexibility index (Phi) is 3.58. The van der Waals surface area contributed by atoms with Crippen molar-refractivity contribution in [3.05, 3.63) is 52.4 Å². The van der Waals surface area contributed by atoms with Crippen LogP contribution in [0, 0.1) is 5.82 Å². The largest absolute Gasteiger partial charge is 0.384 e. The van der Waals surface area contributed by atoms with E-state index in [0.717, 1.165) is 10.2 Å². The molecule has 0 unspecified atom stereocenters. The Morgan fingerprint density at radius 1 is 1.29 bits per heavy atom. The summed E-state index contributed by atoms with van der Waals surface area (Å²) in [5.74, 6) is 0.201. The second kappa shape index (κ2) is 5.14. The van der Waals surface area contributed by atoms with Crippen molar-refractivity contribution in [1.82, 2.24) is 4.98 Å². The minimum Gasteiger partial charge on any atom is -0.384 e. The van der Waals surface area contributed by atoms with Crippen molar-refractivity contribution in [3.63, 3.8) is 0 Å². The van der Waals surface area contributed by atoms with E-state index in [1.54, 1.807) is 30.5 Å². The Labute approximate surface area is 107 Å². The van der Waals surface area contributed by atoms with E-state index in [-0.39, 0.29) is 5.82 Å². The lowest BCUT2D eigenvalue weighted by molar-refractivity contribution is 0.612. The molecule has 1 aromatic heterocycles. The molecule has 0 aliphatic rings. The van der Waals surface area contributed by atoms with Crippen molar-refractivity contribution in [2.24, 2.45) is 0 Å². The van der Waals surface area contributed by atoms with Crippen LogP contribution in [0.15, 0.2) is 41.0 Å². The molecule has 0 bridgehead atoms. The molecular weight excluding hydrogens is 285 g/mol. The first kappa shape index (κ1) is 11.9. The minimum absolute atomic E-state index is 0.234. The van der Waals surface area contributed by atoms with Gasteiger partial charge in [-0.25, -0.2) is 9.37 Å². The fourth-order valence-corrected chi connectivity index (χ4v) is 1.84. The van der Waals surface area contributed by atoms with Crippen LogP contribution in [-0.2, 0) is 6.54 Å². The first-order valence-electron chi connectivity index (χ1n) is 5.04. The number of anilines is 2. The zero-order valence-electron chi connectivity index (χ0n) is 8.95. The van der Waals surface area contributed by atoms with Gasteiger partial charge in [-0.1, -0.05) is 15.9 Å². The summed E-state index contributed by atoms with van der Waals surface area (Å²) in [6, 6.07) is 8.33. The number of hydrogen-bond acceptors (Lipinski definition) is 3. The standard InChI is InChI=1S/C12H11BrFN3/c13-9-1-2-11(14)8(5-9)7-17-10-3-4-16-12(15)6-10/h1-6H,7H2,(H3,15,16,17). The number of nitrogens with one attached hydrogen (secondary N) is 1. The van der Waals surface area contributed by atoms with Gasteiger partial charge in [0, 0.05) is 34.5 Å². The molecule has 0 saturated carbocycles. The normalized spacial score (nSPS) is 10.2. The van der Waals surface area contributed by atoms with Crippen molar-refractivity contribution < 1.29 is 4.39 Å². The van der Waals surface area contributed by atoms with Gasteiger partial charge in [0.25, 0.3) is 0 Å². The minimum atomic E-state index is -0.234. The number of benzene rings is 1. The second-order valence-electron chi connectivity index (χ2n) is 3.56. The number of halogens is 2. The molecule has 0 fully saturated rings. The third-order valence-electron chi connectivity index (χ3n) is 2.27. The molecule has 0 radical (unpaired) electrons. The van der Waals surface area contributed by atoms with Gasteiger partial charge in [-0.05, 0) is 24.3 Å². The maximum Gasteiger partial charge on any atom is 0.128 e. The van der Waals surface area contributed by atoms with Crippen molar-refractivity contribution in [3.8, 4) is 0 Å². The molecule has 1 aromatic carbocycles. The molecule has 17 heavy (non-hydrogen) atoms. The number of aromatic nitrogens is 1. The Bertz CT molecular complexity index is 531. The topological polar surface area (TPSA) is 50.9 Å². The second-order valence-corrected chi connectivity index (χ2v) is 4.47. The van der Waals surface area contributed by atoms with Crippen LogP contribution in [0.4, 0.5) is 15.9 Å². The molecule has 0 amide bonds. The van der Waals surface area contributed by atoms with Crippen LogP contribution >= 0.6 is 15.9 Å². The van der Waals surface area contributed by atoms with Gasteiger partial charge in [-0.15, -0.1) is 0 Å². The average Bonchev–Trinajstić information content (AvgIpc) is 2.30. The van der Waals surface area contributed by atoms with Crippen LogP contribution in [-0.4, -0.2) is 4.98 Å². The van der Waals surface area contributed by atoms with Crippen LogP contribution in [0.2, 0.25) is 0 Å². The number of rotatable bonds is 3. The Morgan fingerprint density at radius 2 is 2.12 bits per heavy atom. The van der Waals surface area contributed by atoms with Crippen LogP contribution in [0.5, 0.6) is 0 Å². The highest BCUT2D eigenvalue weighted by Gasteiger charge is 2.02. The van der Waals surface area contributed by atoms with E-state index in [0.29, 0.717) is 17.9 Å². The summed E-state index contributed by atoms with van der Waals surface area (Å²) < 4.78 is 14.3. The predicted octanol–water partition coefficient (Wildman–Crippen LogP) is 3.18. The van der Waals surface area contributed by atoms with E-state index >= 15 is 0 Å². The highest BCUT2D eigenvalue weighted by molar-refractivity contribution is 9.10. The van der Waals surface area contributed by atoms with E-state index in [9.17, 15) is 4.39 Å². The Hall–Kier alpha value is -1.62. The summed E-state index contributed by atoms with van der Waals surface area (Å²) in [5.41, 5.74) is 6.96. The smallest absolute Gasteiger partial charge is 0.128 e. The van der Waals surface area contributed by atoms with Gasteiger partial charge in [0.05, 0.1) is 0 Å². The van der Waals surface area contributed by atoms with Gasteiger partial charge >= 0.3 is 0 Å². The molecule has 2 aromatic rings. The molecular formula is C12H11BrFN3. The number of nitrogens with zero attached hydrogens (tertiary/aromatic N) is 1. The van der Waals surface area contributed by atoms with Gasteiger partial charge in [0.2, 0.25) is 0 Å². The Morgan fingerprint density at radius 3 is 2.88 bits per heavy atom. The molecule has 0 spiro atoms. The number of nitrogens with two attached hydrogens (primary N) is 1. The number of hydrogen-bond donors (Lipinski definition) is 2. The lowest BCUT2D eigenvalue weighted by atomic mass is 10.2. The van der Waals surface area contributed by atoms with E-state index < -0.39 is 0 Å². The molecule has 2 rings (SSSR count). The van der Waals surface area contributed by atoms with E-state index in [4.69, 9.17) is 5.73 Å². The molecule has 0 atom stereocenters. The summed E-state index contributed by atoms with van der Waals surface area (Å²) in [6.45, 7) is 0.398. The van der Waals surface area contributed by atoms with Gasteiger partial charge in [0.15, 0.2) is 0 Å². The first-order valence-corrected chi connectivity index (χ1v) is 5.84. The van der Waals surface area contributed by atoms with Gasteiger partial charge < -0.3 is 11.1 Å². The fraction of sp³-hybridized carbons (Fsp3) is 0.0833. The van der Waals surface area contributed by atoms with Gasteiger partial charge in [0.1, 0.15) is 11.6 Å². The fourth-order valence-electron chi connectivity index (χ4n) is 1.43. The quantitative estimate of drug-likeness (QED) is 0.914. The third kappa shape index (κ3) is 3.17. The summed E-state index contributed by atoms with van der Waals surface area (Å²) in [7, 11) is 0. The monoisotopic (exact) mass is 295 g/mol. The van der Waals surface area contributed by atoms with Crippen molar-refractivity contribution in [2.45, 2.75) is 6.54 Å². The van der Waals surface area contributed by atoms with E-state index in [1.807, 2.05) is 0 Å². The average molecular weight is 296 g/mol. The molecule has 1 heterocycles. The molecule has 5 heteroatoms. The maximum absolute atomic E-state index is 13.5. The third-order valence-corrected chi connectivity index (χ3v) is 2.77. The van der Waals surface area contributed by atoms with Crippen molar-refractivity contribution in [2.75, 3.05) is 11.1 Å². The first-order chi connectivity index (χ1) is 8.15. The van der Waals surface area contributed by atoms with Crippen molar-refractivity contribution >= 4 is 27.4 Å².